The van der Waals surface area contributed by atoms with E-state index in [2.05, 4.69) is 5.32 Å². The quantitative estimate of drug-likeness (QED) is 0.798. The largest absolute Gasteiger partial charge is 0.493 e. The number of carbonyl (C=O) groups is 1. The van der Waals surface area contributed by atoms with Crippen LogP contribution in [0, 0.1) is 5.92 Å². The van der Waals surface area contributed by atoms with E-state index in [4.69, 9.17) is 9.47 Å². The molecule has 1 aromatic rings. The van der Waals surface area contributed by atoms with Crippen molar-refractivity contribution in [3.05, 3.63) is 24.3 Å². The Hall–Kier alpha value is -1.75. The Morgan fingerprint density at radius 3 is 2.61 bits per heavy atom. The molecular weight excluding hydrogens is 292 g/mol. The Bertz CT molecular complexity index is 485. The normalized spacial score (nSPS) is 15.5. The molecule has 1 fully saturated rings. The summed E-state index contributed by atoms with van der Waals surface area (Å²) in [5.74, 6) is 2.32. The van der Waals surface area contributed by atoms with Crippen molar-refractivity contribution in [3.8, 4) is 11.5 Å². The summed E-state index contributed by atoms with van der Waals surface area (Å²) < 4.78 is 10.9. The maximum Gasteiger partial charge on any atom is 0.225 e. The second kappa shape index (κ2) is 9.40. The number of hydrogen-bond acceptors (Lipinski definition) is 4. The third-order valence-electron chi connectivity index (χ3n) is 4.41. The van der Waals surface area contributed by atoms with Gasteiger partial charge in [-0.2, -0.15) is 0 Å². The lowest BCUT2D eigenvalue weighted by Gasteiger charge is -2.32. The van der Waals surface area contributed by atoms with Gasteiger partial charge >= 0.3 is 0 Å². The third kappa shape index (κ3) is 5.43. The number of nitrogens with one attached hydrogen (secondary N) is 1. The topological polar surface area (TPSA) is 50.8 Å². The summed E-state index contributed by atoms with van der Waals surface area (Å²) in [7, 11) is 3.60. The van der Waals surface area contributed by atoms with Crippen LogP contribution in [0.1, 0.15) is 25.7 Å². The van der Waals surface area contributed by atoms with Crippen molar-refractivity contribution in [3.63, 3.8) is 0 Å². The maximum atomic E-state index is 12.3. The number of rotatable bonds is 8. The summed E-state index contributed by atoms with van der Waals surface area (Å²) in [4.78, 5) is 14.2. The number of ether oxygens (including phenoxy) is 2. The van der Waals surface area contributed by atoms with E-state index in [1.807, 2.05) is 36.2 Å². The number of methoxy groups -OCH3 is 1. The molecule has 5 nitrogen and oxygen atoms in total. The lowest BCUT2D eigenvalue weighted by molar-refractivity contribution is -0.133. The van der Waals surface area contributed by atoms with E-state index in [-0.39, 0.29) is 5.91 Å². The van der Waals surface area contributed by atoms with E-state index in [1.54, 1.807) is 7.11 Å². The van der Waals surface area contributed by atoms with Gasteiger partial charge in [-0.3, -0.25) is 4.79 Å². The van der Waals surface area contributed by atoms with Crippen molar-refractivity contribution >= 4 is 5.91 Å². The lowest BCUT2D eigenvalue weighted by atomic mass is 9.93. The minimum atomic E-state index is 0.187. The molecule has 0 unspecified atom stereocenters. The van der Waals surface area contributed by atoms with Gasteiger partial charge in [0, 0.05) is 13.1 Å². The molecule has 1 saturated heterocycles. The first kappa shape index (κ1) is 17.6. The molecule has 2 rings (SSSR count). The first-order valence-electron chi connectivity index (χ1n) is 8.42. The predicted molar refractivity (Wildman–Crippen MR) is 91.0 cm³/mol. The van der Waals surface area contributed by atoms with Crippen molar-refractivity contribution in [2.75, 3.05) is 40.4 Å². The van der Waals surface area contributed by atoms with Crippen molar-refractivity contribution in [1.82, 2.24) is 10.2 Å². The van der Waals surface area contributed by atoms with Crippen LogP contribution in [0.4, 0.5) is 0 Å². The molecule has 23 heavy (non-hydrogen) atoms. The number of nitrogens with zero attached hydrogens (tertiary/aromatic N) is 1. The average Bonchev–Trinajstić information content (AvgIpc) is 2.60. The Labute approximate surface area is 139 Å². The van der Waals surface area contributed by atoms with Gasteiger partial charge in [0.25, 0.3) is 0 Å². The van der Waals surface area contributed by atoms with Gasteiger partial charge in [0.1, 0.15) is 0 Å². The van der Waals surface area contributed by atoms with E-state index in [1.165, 1.54) is 6.42 Å². The number of amides is 1. The number of hydrogen-bond donors (Lipinski definition) is 1. The zero-order valence-electron chi connectivity index (χ0n) is 14.2. The van der Waals surface area contributed by atoms with E-state index in [0.717, 1.165) is 38.4 Å². The maximum absolute atomic E-state index is 12.3. The Morgan fingerprint density at radius 1 is 1.26 bits per heavy atom. The second-order valence-electron chi connectivity index (χ2n) is 5.97. The smallest absolute Gasteiger partial charge is 0.225 e. The van der Waals surface area contributed by atoms with Crippen LogP contribution in [0.2, 0.25) is 0 Å². The molecule has 0 spiro atoms. The molecule has 1 heterocycles. The number of carbonyl (C=O) groups excluding carboxylic acids is 1. The fourth-order valence-corrected chi connectivity index (χ4v) is 2.96. The third-order valence-corrected chi connectivity index (χ3v) is 4.41. The molecular formula is C18H28N2O3. The molecule has 0 atom stereocenters. The molecule has 128 valence electrons. The SMILES string of the molecule is CNCCC1CCN(C(=O)CCOc2ccccc2OC)CC1. The summed E-state index contributed by atoms with van der Waals surface area (Å²) in [6.45, 7) is 3.20. The van der Waals surface area contributed by atoms with Crippen molar-refractivity contribution in [2.45, 2.75) is 25.7 Å². The van der Waals surface area contributed by atoms with Crippen LogP contribution in [0.15, 0.2) is 24.3 Å². The summed E-state index contributed by atoms with van der Waals surface area (Å²) in [6.07, 6.45) is 3.84. The van der Waals surface area contributed by atoms with Gasteiger partial charge in [-0.1, -0.05) is 12.1 Å². The fourth-order valence-electron chi connectivity index (χ4n) is 2.96. The van der Waals surface area contributed by atoms with Gasteiger partial charge in [0.05, 0.1) is 20.1 Å². The van der Waals surface area contributed by atoms with Gasteiger partial charge in [-0.25, -0.2) is 0 Å². The zero-order valence-corrected chi connectivity index (χ0v) is 14.2. The van der Waals surface area contributed by atoms with Crippen LogP contribution in [-0.4, -0.2) is 51.2 Å². The Kier molecular flexibility index (Phi) is 7.20. The lowest BCUT2D eigenvalue weighted by Crippen LogP contribution is -2.39. The molecule has 1 amide bonds. The van der Waals surface area contributed by atoms with E-state index in [9.17, 15) is 4.79 Å². The Morgan fingerprint density at radius 2 is 1.96 bits per heavy atom. The molecule has 0 saturated carbocycles. The monoisotopic (exact) mass is 320 g/mol. The highest BCUT2D eigenvalue weighted by molar-refractivity contribution is 5.76. The van der Waals surface area contributed by atoms with Crippen LogP contribution in [0.5, 0.6) is 11.5 Å². The predicted octanol–water partition coefficient (Wildman–Crippen LogP) is 2.31. The molecule has 1 aliphatic rings. The summed E-state index contributed by atoms with van der Waals surface area (Å²) in [5, 5.41) is 3.19. The summed E-state index contributed by atoms with van der Waals surface area (Å²) >= 11 is 0. The molecule has 0 aromatic heterocycles. The van der Waals surface area contributed by atoms with Crippen LogP contribution < -0.4 is 14.8 Å². The van der Waals surface area contributed by atoms with Gasteiger partial charge in [0.2, 0.25) is 5.91 Å². The van der Waals surface area contributed by atoms with Crippen molar-refractivity contribution in [2.24, 2.45) is 5.92 Å². The van der Waals surface area contributed by atoms with E-state index < -0.39 is 0 Å². The standard InChI is InChI=1S/C18H28N2O3/c1-19-11-7-15-8-12-20(13-9-15)18(21)10-14-23-17-6-4-3-5-16(17)22-2/h3-6,15,19H,7-14H2,1-2H3. The zero-order chi connectivity index (χ0) is 16.5. The van der Waals surface area contributed by atoms with E-state index in [0.29, 0.717) is 24.5 Å². The van der Waals surface area contributed by atoms with Gasteiger partial charge in [-0.05, 0) is 50.9 Å². The average molecular weight is 320 g/mol. The number of piperidine rings is 1. The van der Waals surface area contributed by atoms with Gasteiger partial charge in [-0.15, -0.1) is 0 Å². The van der Waals surface area contributed by atoms with Crippen molar-refractivity contribution < 1.29 is 14.3 Å². The van der Waals surface area contributed by atoms with Crippen LogP contribution in [0.25, 0.3) is 0 Å². The van der Waals surface area contributed by atoms with Crippen molar-refractivity contribution in [1.29, 1.82) is 0 Å². The number of para-hydroxylation sites is 2. The second-order valence-corrected chi connectivity index (χ2v) is 5.97. The molecule has 1 aromatic carbocycles. The fraction of sp³-hybridized carbons (Fsp3) is 0.611. The Balaban J connectivity index is 1.69. The summed E-state index contributed by atoms with van der Waals surface area (Å²) in [6, 6.07) is 7.51. The minimum absolute atomic E-state index is 0.187. The molecule has 0 aliphatic carbocycles. The first-order valence-corrected chi connectivity index (χ1v) is 8.42. The number of likely N-dealkylation sites (tertiary alicyclic amines) is 1. The first-order chi connectivity index (χ1) is 11.2. The molecule has 1 aliphatic heterocycles. The molecule has 0 bridgehead atoms. The van der Waals surface area contributed by atoms with Gasteiger partial charge in [0.15, 0.2) is 11.5 Å². The highest BCUT2D eigenvalue weighted by Gasteiger charge is 2.22. The summed E-state index contributed by atoms with van der Waals surface area (Å²) in [5.41, 5.74) is 0. The molecule has 5 heteroatoms. The number of benzene rings is 1. The van der Waals surface area contributed by atoms with Crippen LogP contribution >= 0.6 is 0 Å². The molecule has 1 N–H and O–H groups in total. The highest BCUT2D eigenvalue weighted by Crippen LogP contribution is 2.26. The van der Waals surface area contributed by atoms with E-state index >= 15 is 0 Å². The van der Waals surface area contributed by atoms with Crippen LogP contribution in [-0.2, 0) is 4.79 Å². The van der Waals surface area contributed by atoms with Gasteiger partial charge < -0.3 is 19.7 Å². The highest BCUT2D eigenvalue weighted by atomic mass is 16.5. The molecule has 0 radical (unpaired) electrons. The van der Waals surface area contributed by atoms with Crippen LogP contribution in [0.3, 0.4) is 0 Å². The minimum Gasteiger partial charge on any atom is -0.493 e.